The summed E-state index contributed by atoms with van der Waals surface area (Å²) in [5.41, 5.74) is 0.503. The first-order valence-electron chi connectivity index (χ1n) is 15.3. The maximum atomic E-state index is 13.0. The van der Waals surface area contributed by atoms with E-state index in [9.17, 15) is 24.3 Å². The molecule has 0 amide bonds. The second kappa shape index (κ2) is 11.9. The SMILES string of the molecule is C=C1[C@@H](OC(=O)/C=C/c2ccccc2)CC[C@]2(C)[C@H](OC(C)=O)[C@H](OC(C)=O)C3=C(C)[C@@]4(O)C[C@@H]([C@H](OC(C)=O)[C@@H]12)[C@]3(C)CO4. The number of aliphatic hydroxyl groups is 1. The van der Waals surface area contributed by atoms with Crippen LogP contribution >= 0.6 is 0 Å². The van der Waals surface area contributed by atoms with Gasteiger partial charge in [0, 0.05) is 55.9 Å². The van der Waals surface area contributed by atoms with E-state index in [0.717, 1.165) is 5.56 Å². The van der Waals surface area contributed by atoms with E-state index in [1.807, 2.05) is 44.2 Å². The van der Waals surface area contributed by atoms with Crippen molar-refractivity contribution in [2.45, 2.75) is 91.0 Å². The molecule has 2 aliphatic heterocycles. The molecule has 9 atom stereocenters. The van der Waals surface area contributed by atoms with Gasteiger partial charge in [0.25, 0.3) is 0 Å². The van der Waals surface area contributed by atoms with Gasteiger partial charge in [-0.25, -0.2) is 4.79 Å². The molecule has 5 aliphatic rings. The lowest BCUT2D eigenvalue weighted by Gasteiger charge is -2.64. The van der Waals surface area contributed by atoms with Crippen LogP contribution in [-0.2, 0) is 42.9 Å². The van der Waals surface area contributed by atoms with E-state index in [4.69, 9.17) is 23.7 Å². The summed E-state index contributed by atoms with van der Waals surface area (Å²) < 4.78 is 30.1. The number of hydrogen-bond acceptors (Lipinski definition) is 10. The van der Waals surface area contributed by atoms with Crippen molar-refractivity contribution >= 4 is 30.0 Å². The van der Waals surface area contributed by atoms with Crippen LogP contribution in [0.1, 0.15) is 66.4 Å². The maximum absolute atomic E-state index is 13.0. The molecule has 1 aromatic carbocycles. The van der Waals surface area contributed by atoms with Crippen molar-refractivity contribution < 1.29 is 48.0 Å². The Morgan fingerprint density at radius 2 is 1.62 bits per heavy atom. The third kappa shape index (κ3) is 5.74. The molecule has 0 radical (unpaired) electrons. The third-order valence-corrected chi connectivity index (χ3v) is 10.3. The Morgan fingerprint density at radius 1 is 0.978 bits per heavy atom. The normalized spacial score (nSPS) is 37.3. The number of esters is 4. The molecule has 3 aliphatic carbocycles. The average Bonchev–Trinajstić information content (AvgIpc) is 2.96. The zero-order chi connectivity index (χ0) is 32.9. The van der Waals surface area contributed by atoms with Gasteiger partial charge in [-0.3, -0.25) is 14.4 Å². The Balaban J connectivity index is 1.64. The number of ether oxygens (including phenoxy) is 5. The molecule has 1 aromatic rings. The Hall–Kier alpha value is -3.76. The van der Waals surface area contributed by atoms with Gasteiger partial charge in [-0.1, -0.05) is 50.8 Å². The molecule has 1 saturated heterocycles. The summed E-state index contributed by atoms with van der Waals surface area (Å²) in [6, 6.07) is 9.34. The maximum Gasteiger partial charge on any atom is 0.331 e. The van der Waals surface area contributed by atoms with Gasteiger partial charge < -0.3 is 28.8 Å². The van der Waals surface area contributed by atoms with Crippen molar-refractivity contribution in [3.63, 3.8) is 0 Å². The topological polar surface area (TPSA) is 135 Å². The smallest absolute Gasteiger partial charge is 0.331 e. The molecule has 10 nitrogen and oxygen atoms in total. The fraction of sp³-hybridized carbons (Fsp3) is 0.543. The standard InChI is InChI=1S/C35H42O10/c1-19-26(45-27(39)14-13-24-11-9-8-10-12-24)15-16-33(6)28(19)30(42-21(3)36)25-17-35(40)20(2)29(34(25,7)18-41-35)31(43-22(4)37)32(33)44-23(5)38/h8-14,25-26,28,30-32,40H,1,15-18H2,2-7H3/b14-13+/t25-,26-,28+,30-,31+,32+,33-,34-,35+/m0/s1. The summed E-state index contributed by atoms with van der Waals surface area (Å²) in [4.78, 5) is 51.1. The van der Waals surface area contributed by atoms with Crippen molar-refractivity contribution in [1.82, 2.24) is 0 Å². The lowest BCUT2D eigenvalue weighted by atomic mass is 9.48. The van der Waals surface area contributed by atoms with Crippen LogP contribution in [0.5, 0.6) is 0 Å². The number of carbonyl (C=O) groups is 4. The minimum atomic E-state index is -1.73. The van der Waals surface area contributed by atoms with E-state index in [2.05, 4.69) is 6.58 Å². The zero-order valence-electron chi connectivity index (χ0n) is 26.7. The molecule has 242 valence electrons. The Kier molecular flexibility index (Phi) is 8.61. The fourth-order valence-electron chi connectivity index (χ4n) is 8.25. The molecular weight excluding hydrogens is 580 g/mol. The number of hydrogen-bond donors (Lipinski definition) is 1. The quantitative estimate of drug-likeness (QED) is 0.210. The number of fused-ring (bicyclic) bond motifs is 2. The van der Waals surface area contributed by atoms with Gasteiger partial charge in [-0.05, 0) is 48.1 Å². The highest BCUT2D eigenvalue weighted by Gasteiger charge is 2.69. The lowest BCUT2D eigenvalue weighted by Crippen LogP contribution is -2.69. The molecule has 10 heteroatoms. The summed E-state index contributed by atoms with van der Waals surface area (Å²) in [6.45, 7) is 13.9. The monoisotopic (exact) mass is 622 g/mol. The van der Waals surface area contributed by atoms with Gasteiger partial charge in [0.05, 0.1) is 6.61 Å². The van der Waals surface area contributed by atoms with Gasteiger partial charge in [0.2, 0.25) is 0 Å². The van der Waals surface area contributed by atoms with Gasteiger partial charge >= 0.3 is 23.9 Å². The molecule has 0 spiro atoms. The van der Waals surface area contributed by atoms with Crippen LogP contribution in [0, 0.1) is 22.7 Å². The van der Waals surface area contributed by atoms with Crippen LogP contribution in [0.2, 0.25) is 0 Å². The van der Waals surface area contributed by atoms with Crippen molar-refractivity contribution in [1.29, 1.82) is 0 Å². The summed E-state index contributed by atoms with van der Waals surface area (Å²) >= 11 is 0. The predicted octanol–water partition coefficient (Wildman–Crippen LogP) is 4.45. The average molecular weight is 623 g/mol. The molecule has 2 saturated carbocycles. The van der Waals surface area contributed by atoms with Gasteiger partial charge in [-0.15, -0.1) is 0 Å². The highest BCUT2D eigenvalue weighted by Crippen LogP contribution is 2.64. The second-order valence-electron chi connectivity index (χ2n) is 13.2. The first kappa shape index (κ1) is 32.6. The van der Waals surface area contributed by atoms with E-state index in [0.29, 0.717) is 29.6 Å². The molecule has 0 aromatic heterocycles. The molecule has 4 bridgehead atoms. The molecule has 45 heavy (non-hydrogen) atoms. The Labute approximate surface area is 263 Å². The van der Waals surface area contributed by atoms with Crippen molar-refractivity contribution in [3.8, 4) is 0 Å². The molecule has 3 fully saturated rings. The largest absolute Gasteiger partial charge is 0.462 e. The van der Waals surface area contributed by atoms with Crippen LogP contribution in [0.25, 0.3) is 6.08 Å². The minimum absolute atomic E-state index is 0.0434. The van der Waals surface area contributed by atoms with Gasteiger partial charge in [-0.2, -0.15) is 0 Å². The molecule has 0 unspecified atom stereocenters. The minimum Gasteiger partial charge on any atom is -0.462 e. The Bertz CT molecular complexity index is 1460. The molecule has 1 N–H and O–H groups in total. The van der Waals surface area contributed by atoms with Crippen molar-refractivity contribution in [3.05, 3.63) is 65.3 Å². The zero-order valence-corrected chi connectivity index (χ0v) is 26.7. The van der Waals surface area contributed by atoms with Gasteiger partial charge in [0.1, 0.15) is 18.3 Å². The number of carbonyl (C=O) groups excluding carboxylic acids is 4. The van der Waals surface area contributed by atoms with Gasteiger partial charge in [0.15, 0.2) is 11.9 Å². The van der Waals surface area contributed by atoms with E-state index in [1.165, 1.54) is 26.8 Å². The van der Waals surface area contributed by atoms with Crippen LogP contribution in [-0.4, -0.2) is 65.8 Å². The van der Waals surface area contributed by atoms with Crippen molar-refractivity contribution in [2.24, 2.45) is 22.7 Å². The molecular formula is C35H42O10. The Morgan fingerprint density at radius 3 is 2.24 bits per heavy atom. The molecule has 6 rings (SSSR count). The van der Waals surface area contributed by atoms with Crippen LogP contribution < -0.4 is 0 Å². The number of benzene rings is 1. The lowest BCUT2D eigenvalue weighted by molar-refractivity contribution is -0.284. The highest BCUT2D eigenvalue weighted by molar-refractivity contribution is 5.87. The van der Waals surface area contributed by atoms with E-state index < -0.39 is 76.7 Å². The summed E-state index contributed by atoms with van der Waals surface area (Å²) in [6.07, 6.45) is 0.0508. The summed E-state index contributed by atoms with van der Waals surface area (Å²) in [5, 5.41) is 11.8. The second-order valence-corrected chi connectivity index (χ2v) is 13.2. The first-order chi connectivity index (χ1) is 21.1. The summed E-state index contributed by atoms with van der Waals surface area (Å²) in [7, 11) is 0. The van der Waals surface area contributed by atoms with Crippen LogP contribution in [0.15, 0.2) is 59.7 Å². The van der Waals surface area contributed by atoms with Crippen LogP contribution in [0.3, 0.4) is 0 Å². The van der Waals surface area contributed by atoms with E-state index in [-0.39, 0.29) is 13.0 Å². The van der Waals surface area contributed by atoms with E-state index >= 15 is 0 Å². The van der Waals surface area contributed by atoms with Crippen LogP contribution in [0.4, 0.5) is 0 Å². The fourth-order valence-corrected chi connectivity index (χ4v) is 8.25. The van der Waals surface area contributed by atoms with Crippen molar-refractivity contribution in [2.75, 3.05) is 6.61 Å². The third-order valence-electron chi connectivity index (χ3n) is 10.3. The molecule has 2 heterocycles. The van der Waals surface area contributed by atoms with E-state index in [1.54, 1.807) is 13.0 Å². The first-order valence-corrected chi connectivity index (χ1v) is 15.3. The highest BCUT2D eigenvalue weighted by atomic mass is 16.6. The summed E-state index contributed by atoms with van der Waals surface area (Å²) in [5.74, 6) is -5.25. The number of rotatable bonds is 6. The predicted molar refractivity (Wildman–Crippen MR) is 162 cm³/mol.